The van der Waals surface area contributed by atoms with Gasteiger partial charge < -0.3 is 10.5 Å². The van der Waals surface area contributed by atoms with E-state index in [4.69, 9.17) is 10.5 Å². The van der Waals surface area contributed by atoms with Crippen LogP contribution in [0, 0.1) is 5.92 Å². The summed E-state index contributed by atoms with van der Waals surface area (Å²) in [6.45, 7) is 9.30. The van der Waals surface area contributed by atoms with Crippen LogP contribution < -0.4 is 10.5 Å². The molecule has 0 aromatic heterocycles. The van der Waals surface area contributed by atoms with E-state index in [0.717, 1.165) is 30.4 Å². The third kappa shape index (κ3) is 4.22. The summed E-state index contributed by atoms with van der Waals surface area (Å²) >= 11 is 0. The second-order valence-corrected chi connectivity index (χ2v) is 6.16. The zero-order valence-electron chi connectivity index (χ0n) is 13.0. The molecule has 0 spiro atoms. The molecule has 1 atom stereocenters. The standard InChI is InChI=1S/C17H28N2O/c1-4-20-17-8-6-5-7-15(17)16(18)12-19(11-13(2)3)14-9-10-14/h5-8,13-14,16H,4,9-12,18H2,1-3H3. The van der Waals surface area contributed by atoms with Crippen LogP contribution in [0.25, 0.3) is 0 Å². The molecule has 1 unspecified atom stereocenters. The Morgan fingerprint density at radius 1 is 1.25 bits per heavy atom. The minimum absolute atomic E-state index is 0.0251. The Bertz CT molecular complexity index is 415. The van der Waals surface area contributed by atoms with Crippen LogP contribution in [0.3, 0.4) is 0 Å². The van der Waals surface area contributed by atoms with E-state index in [2.05, 4.69) is 24.8 Å². The van der Waals surface area contributed by atoms with Gasteiger partial charge in [0.15, 0.2) is 0 Å². The van der Waals surface area contributed by atoms with E-state index in [9.17, 15) is 0 Å². The maximum atomic E-state index is 6.45. The fraction of sp³-hybridized carbons (Fsp3) is 0.647. The normalized spacial score (nSPS) is 16.7. The Morgan fingerprint density at radius 3 is 2.55 bits per heavy atom. The first-order valence-electron chi connectivity index (χ1n) is 7.83. The number of hydrogen-bond donors (Lipinski definition) is 1. The molecule has 0 amide bonds. The van der Waals surface area contributed by atoms with Gasteiger partial charge in [-0.2, -0.15) is 0 Å². The van der Waals surface area contributed by atoms with Crippen LogP contribution in [-0.2, 0) is 0 Å². The molecule has 0 radical (unpaired) electrons. The molecule has 2 N–H and O–H groups in total. The van der Waals surface area contributed by atoms with Crippen LogP contribution in [-0.4, -0.2) is 30.6 Å². The van der Waals surface area contributed by atoms with Crippen LogP contribution in [0.1, 0.15) is 45.2 Å². The molecule has 1 saturated carbocycles. The lowest BCUT2D eigenvalue weighted by Crippen LogP contribution is -2.36. The van der Waals surface area contributed by atoms with Crippen molar-refractivity contribution in [2.75, 3.05) is 19.7 Å². The monoisotopic (exact) mass is 276 g/mol. The first-order valence-corrected chi connectivity index (χ1v) is 7.83. The van der Waals surface area contributed by atoms with Crippen molar-refractivity contribution in [1.29, 1.82) is 0 Å². The van der Waals surface area contributed by atoms with Crippen LogP contribution >= 0.6 is 0 Å². The lowest BCUT2D eigenvalue weighted by molar-refractivity contribution is 0.219. The van der Waals surface area contributed by atoms with Gasteiger partial charge in [-0.1, -0.05) is 32.0 Å². The fourth-order valence-electron chi connectivity index (χ4n) is 2.71. The minimum Gasteiger partial charge on any atom is -0.494 e. The number of rotatable bonds is 8. The molecule has 1 aromatic rings. The number of ether oxygens (including phenoxy) is 1. The van der Waals surface area contributed by atoms with E-state index in [1.807, 2.05) is 25.1 Å². The molecule has 0 saturated heterocycles. The summed E-state index contributed by atoms with van der Waals surface area (Å²) < 4.78 is 5.70. The minimum atomic E-state index is 0.0251. The van der Waals surface area contributed by atoms with Gasteiger partial charge in [0, 0.05) is 30.7 Å². The molecule has 3 heteroatoms. The lowest BCUT2D eigenvalue weighted by Gasteiger charge is -2.28. The molecular weight excluding hydrogens is 248 g/mol. The largest absolute Gasteiger partial charge is 0.494 e. The average Bonchev–Trinajstić information content (AvgIpc) is 3.22. The van der Waals surface area contributed by atoms with Crippen LogP contribution in [0.15, 0.2) is 24.3 Å². The maximum Gasteiger partial charge on any atom is 0.124 e. The van der Waals surface area contributed by atoms with Crippen molar-refractivity contribution in [3.63, 3.8) is 0 Å². The lowest BCUT2D eigenvalue weighted by atomic mass is 10.1. The maximum absolute atomic E-state index is 6.45. The summed E-state index contributed by atoms with van der Waals surface area (Å²) in [5, 5.41) is 0. The highest BCUT2D eigenvalue weighted by Crippen LogP contribution is 2.31. The van der Waals surface area contributed by atoms with Gasteiger partial charge in [0.1, 0.15) is 5.75 Å². The molecule has 2 rings (SSSR count). The highest BCUT2D eigenvalue weighted by atomic mass is 16.5. The van der Waals surface area contributed by atoms with Gasteiger partial charge in [0.2, 0.25) is 0 Å². The molecule has 3 nitrogen and oxygen atoms in total. The number of nitrogens with two attached hydrogens (primary N) is 1. The molecule has 0 aliphatic heterocycles. The van der Waals surface area contributed by atoms with Gasteiger partial charge in [0.05, 0.1) is 6.61 Å². The number of hydrogen-bond acceptors (Lipinski definition) is 3. The van der Waals surface area contributed by atoms with Crippen molar-refractivity contribution < 1.29 is 4.74 Å². The predicted octanol–water partition coefficient (Wildman–Crippen LogP) is 3.21. The van der Waals surface area contributed by atoms with Crippen LogP contribution in [0.4, 0.5) is 0 Å². The summed E-state index contributed by atoms with van der Waals surface area (Å²) in [6, 6.07) is 8.94. The summed E-state index contributed by atoms with van der Waals surface area (Å²) in [4.78, 5) is 2.55. The Balaban J connectivity index is 2.04. The zero-order chi connectivity index (χ0) is 14.5. The van der Waals surface area contributed by atoms with E-state index in [1.54, 1.807) is 0 Å². The van der Waals surface area contributed by atoms with Gasteiger partial charge >= 0.3 is 0 Å². The van der Waals surface area contributed by atoms with Crippen LogP contribution in [0.2, 0.25) is 0 Å². The first kappa shape index (κ1) is 15.3. The first-order chi connectivity index (χ1) is 9.61. The second kappa shape index (κ2) is 7.09. The van der Waals surface area contributed by atoms with E-state index in [0.29, 0.717) is 12.5 Å². The topological polar surface area (TPSA) is 38.5 Å². The van der Waals surface area contributed by atoms with Crippen molar-refractivity contribution in [2.24, 2.45) is 11.7 Å². The quantitative estimate of drug-likeness (QED) is 0.792. The Kier molecular flexibility index (Phi) is 5.44. The van der Waals surface area contributed by atoms with Crippen LogP contribution in [0.5, 0.6) is 5.75 Å². The SMILES string of the molecule is CCOc1ccccc1C(N)CN(CC(C)C)C1CC1. The Morgan fingerprint density at radius 2 is 1.95 bits per heavy atom. The van der Waals surface area contributed by atoms with Crippen molar-refractivity contribution in [1.82, 2.24) is 4.90 Å². The highest BCUT2D eigenvalue weighted by molar-refractivity contribution is 5.36. The van der Waals surface area contributed by atoms with Crippen molar-refractivity contribution in [2.45, 2.75) is 45.7 Å². The molecule has 1 fully saturated rings. The Hall–Kier alpha value is -1.06. The van der Waals surface area contributed by atoms with Gasteiger partial charge in [-0.15, -0.1) is 0 Å². The highest BCUT2D eigenvalue weighted by Gasteiger charge is 2.30. The molecule has 0 heterocycles. The predicted molar refractivity (Wildman–Crippen MR) is 84.0 cm³/mol. The summed E-state index contributed by atoms with van der Waals surface area (Å²) in [5.41, 5.74) is 7.58. The fourth-order valence-corrected chi connectivity index (χ4v) is 2.71. The number of benzene rings is 1. The van der Waals surface area contributed by atoms with Crippen molar-refractivity contribution in [3.8, 4) is 5.75 Å². The molecule has 1 aliphatic carbocycles. The van der Waals surface area contributed by atoms with E-state index in [-0.39, 0.29) is 6.04 Å². The van der Waals surface area contributed by atoms with E-state index < -0.39 is 0 Å². The molecule has 1 aliphatic rings. The Labute approximate surface area is 123 Å². The van der Waals surface area contributed by atoms with E-state index >= 15 is 0 Å². The van der Waals surface area contributed by atoms with Gasteiger partial charge in [-0.3, -0.25) is 4.90 Å². The van der Waals surface area contributed by atoms with Crippen molar-refractivity contribution in [3.05, 3.63) is 29.8 Å². The third-order valence-electron chi connectivity index (χ3n) is 3.71. The molecule has 0 bridgehead atoms. The summed E-state index contributed by atoms with van der Waals surface area (Å²) in [5.74, 6) is 1.62. The third-order valence-corrected chi connectivity index (χ3v) is 3.71. The van der Waals surface area contributed by atoms with Crippen molar-refractivity contribution >= 4 is 0 Å². The smallest absolute Gasteiger partial charge is 0.124 e. The van der Waals surface area contributed by atoms with Gasteiger partial charge in [0.25, 0.3) is 0 Å². The zero-order valence-corrected chi connectivity index (χ0v) is 13.0. The summed E-state index contributed by atoms with van der Waals surface area (Å²) in [7, 11) is 0. The molecule has 112 valence electrons. The molecule has 1 aromatic carbocycles. The van der Waals surface area contributed by atoms with Gasteiger partial charge in [-0.05, 0) is 31.7 Å². The summed E-state index contributed by atoms with van der Waals surface area (Å²) in [6.07, 6.45) is 2.65. The van der Waals surface area contributed by atoms with E-state index in [1.165, 1.54) is 12.8 Å². The number of para-hydroxylation sites is 1. The second-order valence-electron chi connectivity index (χ2n) is 6.16. The van der Waals surface area contributed by atoms with Gasteiger partial charge in [-0.25, -0.2) is 0 Å². The molecular formula is C17H28N2O. The number of nitrogens with zero attached hydrogens (tertiary/aromatic N) is 1. The average molecular weight is 276 g/mol. The molecule has 20 heavy (non-hydrogen) atoms.